The van der Waals surface area contributed by atoms with Crippen LogP contribution >= 0.6 is 11.6 Å². The van der Waals surface area contributed by atoms with Gasteiger partial charge >= 0.3 is 6.03 Å². The molecule has 0 aromatic heterocycles. The number of Topliss-reactive ketones (excluding diaryl/α,β-unsaturated/α-hetero) is 1. The third-order valence-corrected chi connectivity index (χ3v) is 3.86. The predicted molar refractivity (Wildman–Crippen MR) is 87.9 cm³/mol. The molecule has 0 saturated heterocycles. The number of rotatable bonds is 1. The van der Waals surface area contributed by atoms with Gasteiger partial charge in [0.05, 0.1) is 5.69 Å². The number of nitrogens with one attached hydrogen (secondary N) is 1. The van der Waals surface area contributed by atoms with Crippen molar-refractivity contribution in [3.8, 4) is 0 Å². The smallest absolute Gasteiger partial charge is 0.307 e. The molecule has 112 valence electrons. The zero-order chi connectivity index (χ0) is 15.7. The zero-order valence-electron chi connectivity index (χ0n) is 12.1. The van der Waals surface area contributed by atoms with E-state index in [2.05, 4.69) is 5.32 Å². The molecule has 2 amide bonds. The number of urea groups is 1. The number of aryl methyl sites for hydroxylation is 1. The fourth-order valence-corrected chi connectivity index (χ4v) is 2.74. The molecule has 1 N–H and O–H groups in total. The van der Waals surface area contributed by atoms with E-state index in [-0.39, 0.29) is 11.8 Å². The molecule has 0 saturated carbocycles. The number of halogens is 1. The van der Waals surface area contributed by atoms with Gasteiger partial charge in [0, 0.05) is 29.2 Å². The van der Waals surface area contributed by atoms with Gasteiger partial charge in [-0.05, 0) is 37.3 Å². The first-order valence-electron chi connectivity index (χ1n) is 7.02. The summed E-state index contributed by atoms with van der Waals surface area (Å²) < 4.78 is 0. The van der Waals surface area contributed by atoms with Crippen LogP contribution in [-0.2, 0) is 0 Å². The third-order valence-electron chi connectivity index (χ3n) is 3.63. The van der Waals surface area contributed by atoms with Gasteiger partial charge in [-0.15, -0.1) is 0 Å². The molecule has 0 radical (unpaired) electrons. The minimum Gasteiger partial charge on any atom is -0.307 e. The standard InChI is InChI=1S/C17H15ClN2O2/c1-11-5-6-15-14(9-11)16(21)7-8-20(15)17(22)19-13-4-2-3-12(18)10-13/h2-6,9-10H,7-8H2,1H3,(H,19,22). The van der Waals surface area contributed by atoms with E-state index in [0.29, 0.717) is 34.9 Å². The van der Waals surface area contributed by atoms with Crippen molar-refractivity contribution in [2.45, 2.75) is 13.3 Å². The summed E-state index contributed by atoms with van der Waals surface area (Å²) in [6.45, 7) is 2.31. The van der Waals surface area contributed by atoms with Crippen molar-refractivity contribution >= 4 is 34.8 Å². The molecule has 0 bridgehead atoms. The van der Waals surface area contributed by atoms with Crippen molar-refractivity contribution in [2.75, 3.05) is 16.8 Å². The maximum atomic E-state index is 12.5. The lowest BCUT2D eigenvalue weighted by Gasteiger charge is -2.29. The van der Waals surface area contributed by atoms with Gasteiger partial charge in [-0.2, -0.15) is 0 Å². The molecule has 2 aromatic carbocycles. The number of anilines is 2. The minimum absolute atomic E-state index is 0.0745. The average Bonchev–Trinajstić information content (AvgIpc) is 2.48. The Morgan fingerprint density at radius 1 is 1.23 bits per heavy atom. The minimum atomic E-state index is -0.264. The van der Waals surface area contributed by atoms with Crippen molar-refractivity contribution in [3.63, 3.8) is 0 Å². The summed E-state index contributed by atoms with van der Waals surface area (Å²) in [5.41, 5.74) is 2.89. The molecule has 22 heavy (non-hydrogen) atoms. The molecule has 0 atom stereocenters. The summed E-state index contributed by atoms with van der Waals surface area (Å²) in [7, 11) is 0. The normalized spacial score (nSPS) is 13.7. The number of benzene rings is 2. The zero-order valence-corrected chi connectivity index (χ0v) is 12.9. The quantitative estimate of drug-likeness (QED) is 0.854. The maximum absolute atomic E-state index is 12.5. The van der Waals surface area contributed by atoms with E-state index in [1.165, 1.54) is 0 Å². The summed E-state index contributed by atoms with van der Waals surface area (Å²) in [6.07, 6.45) is 0.333. The van der Waals surface area contributed by atoms with E-state index in [4.69, 9.17) is 11.6 Å². The highest BCUT2D eigenvalue weighted by Crippen LogP contribution is 2.28. The molecule has 4 nitrogen and oxygen atoms in total. The van der Waals surface area contributed by atoms with Crippen molar-refractivity contribution in [3.05, 3.63) is 58.6 Å². The van der Waals surface area contributed by atoms with Gasteiger partial charge in [-0.3, -0.25) is 9.69 Å². The summed E-state index contributed by atoms with van der Waals surface area (Å²) in [5.74, 6) is 0.0745. The fraction of sp³-hybridized carbons (Fsp3) is 0.176. The summed E-state index contributed by atoms with van der Waals surface area (Å²) in [6, 6.07) is 12.3. The molecule has 0 aliphatic carbocycles. The van der Waals surface area contributed by atoms with Gasteiger partial charge in [0.1, 0.15) is 0 Å². The number of carbonyl (C=O) groups excluding carboxylic acids is 2. The van der Waals surface area contributed by atoms with Crippen LogP contribution in [0.25, 0.3) is 0 Å². The number of fused-ring (bicyclic) bond motifs is 1. The van der Waals surface area contributed by atoms with Crippen LogP contribution in [0, 0.1) is 6.92 Å². The molecule has 0 spiro atoms. The van der Waals surface area contributed by atoms with Crippen LogP contribution in [0.5, 0.6) is 0 Å². The highest BCUT2D eigenvalue weighted by molar-refractivity contribution is 6.31. The lowest BCUT2D eigenvalue weighted by atomic mass is 9.98. The Kier molecular flexibility index (Phi) is 3.86. The Morgan fingerprint density at radius 3 is 2.82 bits per heavy atom. The van der Waals surface area contributed by atoms with Crippen LogP contribution in [0.1, 0.15) is 22.3 Å². The van der Waals surface area contributed by atoms with E-state index < -0.39 is 0 Å². The number of hydrogen-bond donors (Lipinski definition) is 1. The Balaban J connectivity index is 1.88. The van der Waals surface area contributed by atoms with Gasteiger partial charge in [-0.1, -0.05) is 29.3 Å². The monoisotopic (exact) mass is 314 g/mol. The topological polar surface area (TPSA) is 49.4 Å². The largest absolute Gasteiger partial charge is 0.326 e. The van der Waals surface area contributed by atoms with Crippen molar-refractivity contribution in [1.29, 1.82) is 0 Å². The van der Waals surface area contributed by atoms with Gasteiger partial charge in [0.25, 0.3) is 0 Å². The van der Waals surface area contributed by atoms with E-state index in [9.17, 15) is 9.59 Å². The van der Waals surface area contributed by atoms with Crippen LogP contribution in [0.3, 0.4) is 0 Å². The Bertz CT molecular complexity index is 758. The van der Waals surface area contributed by atoms with Gasteiger partial charge in [-0.25, -0.2) is 4.79 Å². The second-order valence-corrected chi connectivity index (χ2v) is 5.72. The molecule has 1 aliphatic rings. The lowest BCUT2D eigenvalue weighted by Crippen LogP contribution is -2.40. The predicted octanol–water partition coefficient (Wildman–Crippen LogP) is 4.27. The summed E-state index contributed by atoms with van der Waals surface area (Å²) >= 11 is 5.92. The van der Waals surface area contributed by atoms with Crippen LogP contribution < -0.4 is 10.2 Å². The Morgan fingerprint density at radius 2 is 2.05 bits per heavy atom. The molecule has 2 aromatic rings. The number of amides is 2. The van der Waals surface area contributed by atoms with Crippen molar-refractivity contribution < 1.29 is 9.59 Å². The first-order chi connectivity index (χ1) is 10.5. The van der Waals surface area contributed by atoms with Gasteiger partial charge in [0.2, 0.25) is 0 Å². The highest BCUT2D eigenvalue weighted by Gasteiger charge is 2.27. The van der Waals surface area contributed by atoms with Crippen LogP contribution in [0.2, 0.25) is 5.02 Å². The van der Waals surface area contributed by atoms with Crippen molar-refractivity contribution in [1.82, 2.24) is 0 Å². The third kappa shape index (κ3) is 2.83. The molecule has 1 aliphatic heterocycles. The highest BCUT2D eigenvalue weighted by atomic mass is 35.5. The molecule has 1 heterocycles. The first-order valence-corrected chi connectivity index (χ1v) is 7.40. The van der Waals surface area contributed by atoms with Crippen LogP contribution in [0.4, 0.5) is 16.2 Å². The van der Waals surface area contributed by atoms with Crippen LogP contribution in [0.15, 0.2) is 42.5 Å². The molecule has 0 unspecified atom stereocenters. The van der Waals surface area contributed by atoms with E-state index in [1.54, 1.807) is 29.2 Å². The fourth-order valence-electron chi connectivity index (χ4n) is 2.55. The van der Waals surface area contributed by atoms with E-state index >= 15 is 0 Å². The Labute approximate surface area is 133 Å². The van der Waals surface area contributed by atoms with Gasteiger partial charge in [0.15, 0.2) is 5.78 Å². The van der Waals surface area contributed by atoms with E-state index in [0.717, 1.165) is 5.56 Å². The SMILES string of the molecule is Cc1ccc2c(c1)C(=O)CCN2C(=O)Nc1cccc(Cl)c1. The van der Waals surface area contributed by atoms with Crippen LogP contribution in [-0.4, -0.2) is 18.4 Å². The lowest BCUT2D eigenvalue weighted by molar-refractivity contribution is 0.0981. The van der Waals surface area contributed by atoms with Crippen molar-refractivity contribution in [2.24, 2.45) is 0 Å². The molecule has 0 fully saturated rings. The second-order valence-electron chi connectivity index (χ2n) is 5.29. The summed E-state index contributed by atoms with van der Waals surface area (Å²) in [4.78, 5) is 26.1. The average molecular weight is 315 g/mol. The number of carbonyl (C=O) groups is 2. The number of ketones is 1. The second kappa shape index (κ2) is 5.81. The van der Waals surface area contributed by atoms with E-state index in [1.807, 2.05) is 25.1 Å². The maximum Gasteiger partial charge on any atom is 0.326 e. The molecular weight excluding hydrogens is 300 g/mol. The van der Waals surface area contributed by atoms with Gasteiger partial charge < -0.3 is 5.32 Å². The first kappa shape index (κ1) is 14.6. The number of nitrogens with zero attached hydrogens (tertiary/aromatic N) is 1. The molecule has 3 rings (SSSR count). The molecule has 5 heteroatoms. The Hall–Kier alpha value is -2.33. The number of hydrogen-bond acceptors (Lipinski definition) is 2. The summed E-state index contributed by atoms with van der Waals surface area (Å²) in [5, 5.41) is 3.37. The molecular formula is C17H15ClN2O2.